The maximum absolute atomic E-state index is 12.1. The van der Waals surface area contributed by atoms with E-state index in [0.29, 0.717) is 11.0 Å². The number of unbranched alkanes of at least 4 members (excludes halogenated alkanes) is 10. The number of phosphoric acid groups is 1. The summed E-state index contributed by atoms with van der Waals surface area (Å²) in [6.45, 7) is 4.01. The third-order valence-electron chi connectivity index (χ3n) is 6.39. The lowest BCUT2D eigenvalue weighted by molar-refractivity contribution is -0.870. The van der Waals surface area contributed by atoms with Crippen molar-refractivity contribution in [3.05, 3.63) is 36.5 Å². The fourth-order valence-corrected chi connectivity index (χ4v) is 4.51. The van der Waals surface area contributed by atoms with E-state index < -0.39 is 26.6 Å². The predicted molar refractivity (Wildman–Crippen MR) is 164 cm³/mol. The molecular formula is C31H59N2O6P. The topological polar surface area (TPSA) is 108 Å². The summed E-state index contributed by atoms with van der Waals surface area (Å²) < 4.78 is 22.5. The van der Waals surface area contributed by atoms with Gasteiger partial charge in [0.05, 0.1) is 39.9 Å². The summed E-state index contributed by atoms with van der Waals surface area (Å²) in [5.74, 6) is -0.303. The van der Waals surface area contributed by atoms with Crippen LogP contribution in [-0.4, -0.2) is 68.5 Å². The summed E-state index contributed by atoms with van der Waals surface area (Å²) >= 11 is 0. The van der Waals surface area contributed by atoms with E-state index in [2.05, 4.69) is 36.5 Å². The Morgan fingerprint density at radius 1 is 0.850 bits per heavy atom. The molecule has 40 heavy (non-hydrogen) atoms. The van der Waals surface area contributed by atoms with E-state index in [1.165, 1.54) is 57.8 Å². The van der Waals surface area contributed by atoms with Crippen LogP contribution in [-0.2, 0) is 18.4 Å². The number of likely N-dealkylation sites (N-methyl/N-ethyl adjacent to an activating group) is 1. The zero-order valence-corrected chi connectivity index (χ0v) is 26.9. The van der Waals surface area contributed by atoms with E-state index in [1.807, 2.05) is 27.2 Å². The third kappa shape index (κ3) is 25.7. The molecule has 1 amide bonds. The number of nitrogens with one attached hydrogen (secondary N) is 1. The second kappa shape index (κ2) is 24.3. The Balaban J connectivity index is 4.22. The van der Waals surface area contributed by atoms with E-state index in [4.69, 9.17) is 9.05 Å². The fraction of sp³-hybridized carbons (Fsp3) is 0.774. The van der Waals surface area contributed by atoms with Gasteiger partial charge in [0.25, 0.3) is 7.82 Å². The number of carbonyl (C=O) groups is 1. The number of aliphatic hydroxyl groups excluding tert-OH is 1. The quantitative estimate of drug-likeness (QED) is 0.0540. The second-order valence-corrected chi connectivity index (χ2v) is 12.8. The molecule has 8 nitrogen and oxygen atoms in total. The van der Waals surface area contributed by atoms with Gasteiger partial charge in [0, 0.05) is 6.42 Å². The molecule has 0 rings (SSSR count). The zero-order valence-electron chi connectivity index (χ0n) is 26.0. The zero-order chi connectivity index (χ0) is 30.1. The lowest BCUT2D eigenvalue weighted by Crippen LogP contribution is -2.45. The molecule has 234 valence electrons. The highest BCUT2D eigenvalue weighted by atomic mass is 31.2. The molecule has 0 aliphatic rings. The van der Waals surface area contributed by atoms with Gasteiger partial charge in [0.1, 0.15) is 13.2 Å². The fourth-order valence-electron chi connectivity index (χ4n) is 3.79. The molecule has 0 aliphatic carbocycles. The number of phosphoric ester groups is 1. The van der Waals surface area contributed by atoms with Crippen LogP contribution < -0.4 is 10.2 Å². The Morgan fingerprint density at radius 3 is 1.93 bits per heavy atom. The Labute approximate surface area is 245 Å². The normalized spacial score (nSPS) is 15.7. The molecule has 3 unspecified atom stereocenters. The molecule has 0 spiro atoms. The first-order valence-corrected chi connectivity index (χ1v) is 16.8. The Hall–Kier alpha value is -1.28. The van der Waals surface area contributed by atoms with Gasteiger partial charge in [0.15, 0.2) is 0 Å². The first-order valence-electron chi connectivity index (χ1n) is 15.4. The second-order valence-electron chi connectivity index (χ2n) is 11.4. The van der Waals surface area contributed by atoms with Crippen molar-refractivity contribution in [2.45, 2.75) is 116 Å². The standard InChI is InChI=1S/C31H59N2O6P/c1-6-8-9-10-11-12-13-14-15-16-17-18-19-20-21-22-23-24-25-30(34)29(32-31(35)7-2)28-39-40(36,37)38-27-26-33(3,4)5/h16-17,20-21,24-25,29-30,34H,6-15,18-19,22-23,26-28H2,1-5H3,(H-,32,35,36,37)/b17-16+,21-20+,25-24+. The van der Waals surface area contributed by atoms with Crippen molar-refractivity contribution in [2.24, 2.45) is 0 Å². The van der Waals surface area contributed by atoms with Crippen molar-refractivity contribution in [1.29, 1.82) is 0 Å². The van der Waals surface area contributed by atoms with E-state index in [9.17, 15) is 19.4 Å². The van der Waals surface area contributed by atoms with Crippen molar-refractivity contribution >= 4 is 13.7 Å². The van der Waals surface area contributed by atoms with Gasteiger partial charge in [-0.15, -0.1) is 0 Å². The van der Waals surface area contributed by atoms with E-state index in [1.54, 1.807) is 13.0 Å². The van der Waals surface area contributed by atoms with Gasteiger partial charge < -0.3 is 28.8 Å². The maximum atomic E-state index is 12.1. The van der Waals surface area contributed by atoms with Gasteiger partial charge in [-0.25, -0.2) is 0 Å². The summed E-state index contributed by atoms with van der Waals surface area (Å²) in [5.41, 5.74) is 0. The third-order valence-corrected chi connectivity index (χ3v) is 7.36. The molecule has 0 fully saturated rings. The van der Waals surface area contributed by atoms with E-state index in [-0.39, 0.29) is 18.9 Å². The largest absolute Gasteiger partial charge is 0.756 e. The lowest BCUT2D eigenvalue weighted by atomic mass is 10.1. The highest BCUT2D eigenvalue weighted by Gasteiger charge is 2.22. The number of rotatable bonds is 26. The molecule has 0 aromatic heterocycles. The number of quaternary nitrogens is 1. The van der Waals surface area contributed by atoms with Crippen molar-refractivity contribution < 1.29 is 32.9 Å². The minimum atomic E-state index is -4.55. The summed E-state index contributed by atoms with van der Waals surface area (Å²) in [6.07, 6.45) is 27.0. The summed E-state index contributed by atoms with van der Waals surface area (Å²) in [5, 5.41) is 13.1. The van der Waals surface area contributed by atoms with Crippen LogP contribution in [0.25, 0.3) is 0 Å². The average Bonchev–Trinajstić information content (AvgIpc) is 2.89. The molecule has 3 atom stereocenters. The van der Waals surface area contributed by atoms with Crippen LogP contribution in [0.3, 0.4) is 0 Å². The minimum absolute atomic E-state index is 0.0121. The Morgan fingerprint density at radius 2 is 1.38 bits per heavy atom. The predicted octanol–water partition coefficient (Wildman–Crippen LogP) is 6.21. The van der Waals surface area contributed by atoms with Crippen molar-refractivity contribution in [2.75, 3.05) is 40.9 Å². The molecule has 0 bridgehead atoms. The number of nitrogens with zero attached hydrogens (tertiary/aromatic N) is 1. The van der Waals surface area contributed by atoms with E-state index in [0.717, 1.165) is 25.7 Å². The molecular weight excluding hydrogens is 527 g/mol. The van der Waals surface area contributed by atoms with Crippen LogP contribution in [0.1, 0.15) is 104 Å². The summed E-state index contributed by atoms with van der Waals surface area (Å²) in [7, 11) is 1.22. The van der Waals surface area contributed by atoms with Crippen LogP contribution in [0.2, 0.25) is 0 Å². The number of hydrogen-bond acceptors (Lipinski definition) is 6. The van der Waals surface area contributed by atoms with Crippen LogP contribution in [0.5, 0.6) is 0 Å². The molecule has 9 heteroatoms. The monoisotopic (exact) mass is 586 g/mol. The molecule has 0 aliphatic heterocycles. The van der Waals surface area contributed by atoms with Gasteiger partial charge in [-0.3, -0.25) is 9.36 Å². The van der Waals surface area contributed by atoms with Crippen molar-refractivity contribution in [1.82, 2.24) is 5.32 Å². The molecule has 0 aromatic carbocycles. The van der Waals surface area contributed by atoms with Crippen LogP contribution >= 0.6 is 7.82 Å². The highest BCUT2D eigenvalue weighted by Crippen LogP contribution is 2.38. The summed E-state index contributed by atoms with van der Waals surface area (Å²) in [4.78, 5) is 24.0. The maximum Gasteiger partial charge on any atom is 0.268 e. The van der Waals surface area contributed by atoms with Crippen LogP contribution in [0.4, 0.5) is 0 Å². The number of aliphatic hydroxyl groups is 1. The molecule has 2 N–H and O–H groups in total. The first-order chi connectivity index (χ1) is 19.0. The number of carbonyl (C=O) groups excluding carboxylic acids is 1. The van der Waals surface area contributed by atoms with Crippen LogP contribution in [0, 0.1) is 0 Å². The molecule has 0 saturated carbocycles. The molecule has 0 heterocycles. The van der Waals surface area contributed by atoms with Gasteiger partial charge in [-0.05, 0) is 38.5 Å². The van der Waals surface area contributed by atoms with Gasteiger partial charge in [-0.2, -0.15) is 0 Å². The Bertz CT molecular complexity index is 763. The number of amides is 1. The SMILES string of the molecule is CCCCCCCCCC/C=C/CC/C=C/CC/C=C/C(O)C(COP(=O)([O-])OCC[N+](C)(C)C)NC(=O)CC. The van der Waals surface area contributed by atoms with Crippen molar-refractivity contribution in [3.8, 4) is 0 Å². The Kier molecular flexibility index (Phi) is 23.6. The van der Waals surface area contributed by atoms with Gasteiger partial charge in [0.2, 0.25) is 5.91 Å². The summed E-state index contributed by atoms with van der Waals surface area (Å²) in [6, 6.07) is -0.902. The minimum Gasteiger partial charge on any atom is -0.756 e. The molecule has 0 aromatic rings. The van der Waals surface area contributed by atoms with E-state index >= 15 is 0 Å². The number of allylic oxidation sites excluding steroid dienone is 5. The average molecular weight is 587 g/mol. The molecule has 0 radical (unpaired) electrons. The van der Waals surface area contributed by atoms with Crippen LogP contribution in [0.15, 0.2) is 36.5 Å². The smallest absolute Gasteiger partial charge is 0.268 e. The lowest BCUT2D eigenvalue weighted by Gasteiger charge is -2.29. The highest BCUT2D eigenvalue weighted by molar-refractivity contribution is 7.45. The van der Waals surface area contributed by atoms with Crippen molar-refractivity contribution in [3.63, 3.8) is 0 Å². The first kappa shape index (κ1) is 38.7. The van der Waals surface area contributed by atoms with Gasteiger partial charge >= 0.3 is 0 Å². The molecule has 0 saturated heterocycles. The number of hydrogen-bond donors (Lipinski definition) is 2. The van der Waals surface area contributed by atoms with Gasteiger partial charge in [-0.1, -0.05) is 95.2 Å².